The maximum atomic E-state index is 12.8. The molecule has 1 aliphatic rings. The van der Waals surface area contributed by atoms with E-state index in [4.69, 9.17) is 0 Å². The minimum atomic E-state index is -4.19. The Morgan fingerprint density at radius 3 is 2.65 bits per heavy atom. The quantitative estimate of drug-likeness (QED) is 0.702. The van der Waals surface area contributed by atoms with E-state index in [9.17, 15) is 13.2 Å². The Hall–Kier alpha value is -0.240. The Bertz CT molecular complexity index is 456. The number of halogens is 4. The maximum absolute atomic E-state index is 12.8. The van der Waals surface area contributed by atoms with E-state index in [-0.39, 0.29) is 27.2 Å². The van der Waals surface area contributed by atoms with Gasteiger partial charge in [-0.3, -0.25) is 0 Å². The van der Waals surface area contributed by atoms with Gasteiger partial charge in [0.25, 0.3) is 0 Å². The molecular formula is C11H11F3INS. The van der Waals surface area contributed by atoms with Crippen molar-refractivity contribution >= 4 is 42.2 Å². The normalized spacial score (nSPS) is 15.6. The Balaban J connectivity index is 2.23. The molecule has 1 aliphatic heterocycles. The molecule has 0 amide bonds. The summed E-state index contributed by atoms with van der Waals surface area (Å²) in [6, 6.07) is 0. The van der Waals surface area contributed by atoms with Crippen LogP contribution in [0.2, 0.25) is 0 Å². The van der Waals surface area contributed by atoms with E-state index in [0.29, 0.717) is 5.01 Å². The molecule has 0 aromatic carbocycles. The molecule has 94 valence electrons. The lowest BCUT2D eigenvalue weighted by Crippen LogP contribution is -2.34. The van der Waals surface area contributed by atoms with Crippen molar-refractivity contribution in [3.63, 3.8) is 0 Å². The molecule has 0 radical (unpaired) electrons. The van der Waals surface area contributed by atoms with Gasteiger partial charge in [0.15, 0.2) is 0 Å². The van der Waals surface area contributed by atoms with E-state index in [0.717, 1.165) is 10.6 Å². The number of rotatable bonds is 2. The third-order valence-corrected chi connectivity index (χ3v) is 5.74. The first kappa shape index (κ1) is 13.2. The average molecular weight is 373 g/mol. The standard InChI is InChI=1S/C11H11F3INS/c1-10(2,11(12,13)14)5-9-16-7-3-4-15-6-8(7)17-9/h3-4,6H,5H2,1-2H3. The first-order valence-corrected chi connectivity index (χ1v) is 8.28. The molecule has 0 aliphatic carbocycles. The molecule has 0 unspecified atom stereocenters. The molecule has 6 heteroatoms. The molecule has 1 aromatic rings. The SMILES string of the molecule is CC(C)(Cc1nc2c(s1)C=IC=C2)C(F)(F)F. The van der Waals surface area contributed by atoms with Gasteiger partial charge in [-0.05, 0) is 14.2 Å². The van der Waals surface area contributed by atoms with Crippen molar-refractivity contribution in [3.05, 3.63) is 19.7 Å². The smallest absolute Gasteiger partial charge is 0.241 e. The fourth-order valence-corrected chi connectivity index (χ4v) is 4.55. The Labute approximate surface area is 112 Å². The summed E-state index contributed by atoms with van der Waals surface area (Å²) in [6.45, 7) is 2.44. The van der Waals surface area contributed by atoms with Gasteiger partial charge >= 0.3 is 6.18 Å². The number of thiazole rings is 1. The molecule has 0 saturated heterocycles. The summed E-state index contributed by atoms with van der Waals surface area (Å²) in [5.41, 5.74) is -0.888. The van der Waals surface area contributed by atoms with Crippen LogP contribution in [0.1, 0.15) is 29.4 Å². The van der Waals surface area contributed by atoms with Crippen LogP contribution in [0.15, 0.2) is 4.08 Å². The van der Waals surface area contributed by atoms with Gasteiger partial charge in [-0.25, -0.2) is 4.98 Å². The number of alkyl halides is 3. The molecular weight excluding hydrogens is 362 g/mol. The summed E-state index contributed by atoms with van der Waals surface area (Å²) in [5.74, 6) is 0. The predicted molar refractivity (Wildman–Crippen MR) is 73.9 cm³/mol. The van der Waals surface area contributed by atoms with Gasteiger partial charge in [0, 0.05) is 6.42 Å². The van der Waals surface area contributed by atoms with E-state index in [1.54, 1.807) is 0 Å². The number of fused-ring (bicyclic) bond motifs is 1. The number of aromatic nitrogens is 1. The summed E-state index contributed by atoms with van der Waals surface area (Å²) in [6.07, 6.45) is -2.32. The van der Waals surface area contributed by atoms with Crippen LogP contribution in [0.5, 0.6) is 0 Å². The van der Waals surface area contributed by atoms with Gasteiger partial charge < -0.3 is 0 Å². The summed E-state index contributed by atoms with van der Waals surface area (Å²) >= 11 is 1.31. The van der Waals surface area contributed by atoms with Crippen LogP contribution in [-0.2, 0) is 6.42 Å². The molecule has 0 bridgehead atoms. The number of nitrogens with zero attached hydrogens (tertiary/aromatic N) is 1. The van der Waals surface area contributed by atoms with E-state index in [1.165, 1.54) is 25.2 Å². The van der Waals surface area contributed by atoms with Crippen molar-refractivity contribution in [3.8, 4) is 0 Å². The summed E-state index contributed by atoms with van der Waals surface area (Å²) in [7, 11) is 0. The number of hydrogen-bond acceptors (Lipinski definition) is 2. The molecule has 2 heterocycles. The highest BCUT2D eigenvalue weighted by molar-refractivity contribution is 14.2. The monoisotopic (exact) mass is 373 g/mol. The Morgan fingerprint density at radius 1 is 1.35 bits per heavy atom. The fraction of sp³-hybridized carbons (Fsp3) is 0.455. The van der Waals surface area contributed by atoms with Gasteiger partial charge in [0.05, 0.1) is 21.0 Å². The van der Waals surface area contributed by atoms with Crippen LogP contribution in [0.4, 0.5) is 13.2 Å². The van der Waals surface area contributed by atoms with Crippen LogP contribution in [0.25, 0.3) is 6.08 Å². The molecule has 0 N–H and O–H groups in total. The zero-order valence-electron chi connectivity index (χ0n) is 9.31. The van der Waals surface area contributed by atoms with Crippen molar-refractivity contribution in [1.82, 2.24) is 4.98 Å². The topological polar surface area (TPSA) is 12.9 Å². The van der Waals surface area contributed by atoms with Gasteiger partial charge in [0.1, 0.15) is 0 Å². The van der Waals surface area contributed by atoms with E-state index < -0.39 is 11.6 Å². The molecule has 2 rings (SSSR count). The van der Waals surface area contributed by atoms with E-state index in [2.05, 4.69) is 13.1 Å². The van der Waals surface area contributed by atoms with Gasteiger partial charge in [-0.1, -0.05) is 34.6 Å². The zero-order chi connectivity index (χ0) is 12.7. The Kier molecular flexibility index (Phi) is 3.46. The zero-order valence-corrected chi connectivity index (χ0v) is 12.3. The van der Waals surface area contributed by atoms with Crippen molar-refractivity contribution < 1.29 is 13.2 Å². The van der Waals surface area contributed by atoms with Gasteiger partial charge in [0.2, 0.25) is 0 Å². The molecule has 0 atom stereocenters. The highest BCUT2D eigenvalue weighted by atomic mass is 127. The van der Waals surface area contributed by atoms with Gasteiger partial charge in [-0.2, -0.15) is 13.2 Å². The van der Waals surface area contributed by atoms with Crippen LogP contribution in [0, 0.1) is 5.41 Å². The van der Waals surface area contributed by atoms with Crippen LogP contribution >= 0.6 is 32.1 Å². The lowest BCUT2D eigenvalue weighted by Gasteiger charge is -2.26. The first-order valence-electron chi connectivity index (χ1n) is 4.98. The summed E-state index contributed by atoms with van der Waals surface area (Å²) in [4.78, 5) is 5.30. The lowest BCUT2D eigenvalue weighted by molar-refractivity contribution is -0.211. The van der Waals surface area contributed by atoms with Crippen LogP contribution in [-0.4, -0.2) is 15.2 Å². The molecule has 0 saturated carbocycles. The number of hydrogen-bond donors (Lipinski definition) is 0. The molecule has 1 nitrogen and oxygen atoms in total. The lowest BCUT2D eigenvalue weighted by atomic mass is 9.89. The third-order valence-electron chi connectivity index (χ3n) is 2.54. The summed E-state index contributed by atoms with van der Waals surface area (Å²) < 4.78 is 42.5. The minimum absolute atomic E-state index is 0.0475. The van der Waals surface area contributed by atoms with E-state index >= 15 is 0 Å². The largest absolute Gasteiger partial charge is 0.394 e. The first-order chi connectivity index (χ1) is 7.79. The molecule has 0 spiro atoms. The second kappa shape index (κ2) is 4.46. The summed E-state index contributed by atoms with van der Waals surface area (Å²) in [5, 5.41) is 0.573. The van der Waals surface area contributed by atoms with E-state index in [1.807, 2.05) is 6.08 Å². The second-order valence-corrected chi connectivity index (χ2v) is 7.62. The maximum Gasteiger partial charge on any atom is 0.394 e. The van der Waals surface area contributed by atoms with Gasteiger partial charge in [-0.15, -0.1) is 11.3 Å². The highest BCUT2D eigenvalue weighted by Gasteiger charge is 2.47. The third kappa shape index (κ3) is 2.78. The highest BCUT2D eigenvalue weighted by Crippen LogP contribution is 2.41. The molecule has 17 heavy (non-hydrogen) atoms. The van der Waals surface area contributed by atoms with Crippen molar-refractivity contribution in [2.45, 2.75) is 26.4 Å². The van der Waals surface area contributed by atoms with Crippen molar-refractivity contribution in [1.29, 1.82) is 0 Å². The predicted octanol–water partition coefficient (Wildman–Crippen LogP) is 4.38. The van der Waals surface area contributed by atoms with Crippen molar-refractivity contribution in [2.75, 3.05) is 0 Å². The Morgan fingerprint density at radius 2 is 2.06 bits per heavy atom. The van der Waals surface area contributed by atoms with Crippen LogP contribution in [0.3, 0.4) is 0 Å². The van der Waals surface area contributed by atoms with Crippen molar-refractivity contribution in [2.24, 2.45) is 5.41 Å². The molecule has 1 aromatic heterocycles. The van der Waals surface area contributed by atoms with Crippen LogP contribution < -0.4 is 0 Å². The average Bonchev–Trinajstić information content (AvgIpc) is 2.56. The molecule has 0 fully saturated rings. The minimum Gasteiger partial charge on any atom is -0.241 e. The second-order valence-electron chi connectivity index (χ2n) is 4.44. The fourth-order valence-electron chi connectivity index (χ4n) is 1.33.